The molecule has 0 spiro atoms. The highest BCUT2D eigenvalue weighted by Gasteiger charge is 2.12. The maximum Gasteiger partial charge on any atom is 0.128 e. The Hall–Kier alpha value is -0.960. The van der Waals surface area contributed by atoms with Crippen LogP contribution >= 0.6 is 0 Å². The van der Waals surface area contributed by atoms with Gasteiger partial charge in [-0.25, -0.2) is 9.97 Å². The molecule has 1 fully saturated rings. The van der Waals surface area contributed by atoms with Gasteiger partial charge in [0.1, 0.15) is 5.82 Å². The largest absolute Gasteiger partial charge is 0.314 e. The predicted octanol–water partition coefficient (Wildman–Crippen LogP) is 2.17. The Kier molecular flexibility index (Phi) is 3.88. The van der Waals surface area contributed by atoms with Gasteiger partial charge in [-0.05, 0) is 45.7 Å². The van der Waals surface area contributed by atoms with E-state index < -0.39 is 0 Å². The third-order valence-corrected chi connectivity index (χ3v) is 3.16. The van der Waals surface area contributed by atoms with E-state index in [0.29, 0.717) is 6.04 Å². The van der Waals surface area contributed by atoms with Crippen molar-refractivity contribution in [1.29, 1.82) is 0 Å². The first-order valence-corrected chi connectivity index (χ1v) is 6.28. The average Bonchev–Trinajstić information content (AvgIpc) is 2.27. The van der Waals surface area contributed by atoms with E-state index in [2.05, 4.69) is 15.3 Å². The second kappa shape index (κ2) is 5.39. The summed E-state index contributed by atoms with van der Waals surface area (Å²) >= 11 is 0. The van der Waals surface area contributed by atoms with Crippen LogP contribution in [0.25, 0.3) is 0 Å². The molecule has 1 unspecified atom stereocenters. The monoisotopic (exact) mass is 219 g/mol. The van der Waals surface area contributed by atoms with Crippen molar-refractivity contribution in [2.75, 3.05) is 6.54 Å². The third kappa shape index (κ3) is 3.27. The summed E-state index contributed by atoms with van der Waals surface area (Å²) in [6, 6.07) is 2.71. The van der Waals surface area contributed by atoms with Gasteiger partial charge in [0.2, 0.25) is 0 Å². The topological polar surface area (TPSA) is 37.8 Å². The summed E-state index contributed by atoms with van der Waals surface area (Å²) in [5.41, 5.74) is 2.17. The van der Waals surface area contributed by atoms with E-state index in [1.165, 1.54) is 32.2 Å². The molecule has 1 saturated heterocycles. The van der Waals surface area contributed by atoms with Crippen molar-refractivity contribution in [3.05, 3.63) is 23.3 Å². The van der Waals surface area contributed by atoms with Crippen molar-refractivity contribution in [1.82, 2.24) is 15.3 Å². The maximum absolute atomic E-state index is 4.48. The SMILES string of the molecule is Cc1cc(C)nc(CCC2CCCCN2)n1. The fourth-order valence-corrected chi connectivity index (χ4v) is 2.38. The molecule has 0 aliphatic carbocycles. The Labute approximate surface area is 97.7 Å². The summed E-state index contributed by atoms with van der Waals surface area (Å²) < 4.78 is 0. The summed E-state index contributed by atoms with van der Waals surface area (Å²) in [7, 11) is 0. The standard InChI is InChI=1S/C13H21N3/c1-10-9-11(2)16-13(15-10)7-6-12-5-3-4-8-14-12/h9,12,14H,3-8H2,1-2H3. The van der Waals surface area contributed by atoms with Gasteiger partial charge in [0.05, 0.1) is 0 Å². The number of nitrogens with zero attached hydrogens (tertiary/aromatic N) is 2. The van der Waals surface area contributed by atoms with Crippen LogP contribution in [0.2, 0.25) is 0 Å². The molecule has 2 heterocycles. The van der Waals surface area contributed by atoms with E-state index in [9.17, 15) is 0 Å². The third-order valence-electron chi connectivity index (χ3n) is 3.16. The minimum atomic E-state index is 0.679. The van der Waals surface area contributed by atoms with Crippen molar-refractivity contribution in [2.45, 2.75) is 52.0 Å². The molecule has 16 heavy (non-hydrogen) atoms. The predicted molar refractivity (Wildman–Crippen MR) is 65.5 cm³/mol. The molecule has 0 radical (unpaired) electrons. The Morgan fingerprint density at radius 2 is 2.00 bits per heavy atom. The van der Waals surface area contributed by atoms with Gasteiger partial charge in [-0.15, -0.1) is 0 Å². The number of aryl methyl sites for hydroxylation is 3. The van der Waals surface area contributed by atoms with Crippen molar-refractivity contribution < 1.29 is 0 Å². The van der Waals surface area contributed by atoms with Crippen LogP contribution in [0.4, 0.5) is 0 Å². The van der Waals surface area contributed by atoms with Gasteiger partial charge >= 0.3 is 0 Å². The van der Waals surface area contributed by atoms with Crippen LogP contribution in [-0.4, -0.2) is 22.6 Å². The van der Waals surface area contributed by atoms with Crippen molar-refractivity contribution in [3.8, 4) is 0 Å². The van der Waals surface area contributed by atoms with Crippen LogP contribution in [0.1, 0.15) is 42.9 Å². The van der Waals surface area contributed by atoms with E-state index in [-0.39, 0.29) is 0 Å². The summed E-state index contributed by atoms with van der Waals surface area (Å²) in [5, 5.41) is 3.56. The van der Waals surface area contributed by atoms with Crippen LogP contribution in [0, 0.1) is 13.8 Å². The number of hydrogen-bond donors (Lipinski definition) is 1. The van der Waals surface area contributed by atoms with Crippen molar-refractivity contribution in [2.24, 2.45) is 0 Å². The number of aromatic nitrogens is 2. The lowest BCUT2D eigenvalue weighted by molar-refractivity contribution is 0.380. The Balaban J connectivity index is 1.88. The van der Waals surface area contributed by atoms with Crippen LogP contribution in [0.3, 0.4) is 0 Å². The molecule has 1 atom stereocenters. The van der Waals surface area contributed by atoms with Gasteiger partial charge in [0, 0.05) is 23.9 Å². The molecule has 3 nitrogen and oxygen atoms in total. The molecule has 1 aliphatic heterocycles. The number of hydrogen-bond acceptors (Lipinski definition) is 3. The maximum atomic E-state index is 4.48. The molecule has 88 valence electrons. The average molecular weight is 219 g/mol. The Morgan fingerprint density at radius 3 is 2.62 bits per heavy atom. The fraction of sp³-hybridized carbons (Fsp3) is 0.692. The van der Waals surface area contributed by atoms with Gasteiger partial charge in [0.15, 0.2) is 0 Å². The molecule has 1 aromatic heterocycles. The first-order chi connectivity index (χ1) is 7.74. The molecule has 0 saturated carbocycles. The van der Waals surface area contributed by atoms with E-state index in [1.54, 1.807) is 0 Å². The number of rotatable bonds is 3. The van der Waals surface area contributed by atoms with E-state index in [1.807, 2.05) is 19.9 Å². The Morgan fingerprint density at radius 1 is 1.25 bits per heavy atom. The van der Waals surface area contributed by atoms with Crippen molar-refractivity contribution in [3.63, 3.8) is 0 Å². The molecule has 1 aliphatic rings. The quantitative estimate of drug-likeness (QED) is 0.846. The minimum Gasteiger partial charge on any atom is -0.314 e. The highest BCUT2D eigenvalue weighted by molar-refractivity contribution is 5.08. The lowest BCUT2D eigenvalue weighted by Crippen LogP contribution is -2.34. The molecule has 1 aromatic rings. The second-order valence-electron chi connectivity index (χ2n) is 4.75. The first kappa shape index (κ1) is 11.5. The highest BCUT2D eigenvalue weighted by atomic mass is 14.9. The van der Waals surface area contributed by atoms with Gasteiger partial charge in [0.25, 0.3) is 0 Å². The molecule has 1 N–H and O–H groups in total. The van der Waals surface area contributed by atoms with Crippen LogP contribution in [0.5, 0.6) is 0 Å². The van der Waals surface area contributed by atoms with Crippen LogP contribution in [-0.2, 0) is 6.42 Å². The van der Waals surface area contributed by atoms with E-state index >= 15 is 0 Å². The van der Waals surface area contributed by atoms with Crippen LogP contribution in [0.15, 0.2) is 6.07 Å². The molecular formula is C13H21N3. The summed E-state index contributed by atoms with van der Waals surface area (Å²) in [6.45, 7) is 5.26. The summed E-state index contributed by atoms with van der Waals surface area (Å²) in [6.07, 6.45) is 6.18. The fourth-order valence-electron chi connectivity index (χ4n) is 2.38. The van der Waals surface area contributed by atoms with Gasteiger partial charge < -0.3 is 5.32 Å². The normalized spacial score (nSPS) is 21.0. The minimum absolute atomic E-state index is 0.679. The first-order valence-electron chi connectivity index (χ1n) is 6.28. The lowest BCUT2D eigenvalue weighted by atomic mass is 10.0. The zero-order valence-corrected chi connectivity index (χ0v) is 10.3. The zero-order chi connectivity index (χ0) is 11.4. The molecule has 0 bridgehead atoms. The number of piperidine rings is 1. The molecule has 0 aromatic carbocycles. The Bertz CT molecular complexity index is 323. The molecule has 3 heteroatoms. The van der Waals surface area contributed by atoms with E-state index in [4.69, 9.17) is 0 Å². The second-order valence-corrected chi connectivity index (χ2v) is 4.75. The van der Waals surface area contributed by atoms with Gasteiger partial charge in [-0.2, -0.15) is 0 Å². The van der Waals surface area contributed by atoms with Crippen molar-refractivity contribution >= 4 is 0 Å². The molecule has 2 rings (SSSR count). The summed E-state index contributed by atoms with van der Waals surface area (Å²) in [5.74, 6) is 1.00. The van der Waals surface area contributed by atoms with Gasteiger partial charge in [-0.1, -0.05) is 6.42 Å². The van der Waals surface area contributed by atoms with Crippen LogP contribution < -0.4 is 5.32 Å². The smallest absolute Gasteiger partial charge is 0.128 e. The summed E-state index contributed by atoms with van der Waals surface area (Å²) in [4.78, 5) is 8.96. The lowest BCUT2D eigenvalue weighted by Gasteiger charge is -2.23. The highest BCUT2D eigenvalue weighted by Crippen LogP contribution is 2.12. The van der Waals surface area contributed by atoms with E-state index in [0.717, 1.165) is 23.6 Å². The zero-order valence-electron chi connectivity index (χ0n) is 10.3. The molecule has 0 amide bonds. The number of nitrogens with one attached hydrogen (secondary N) is 1. The molecular weight excluding hydrogens is 198 g/mol. The van der Waals surface area contributed by atoms with Gasteiger partial charge in [-0.3, -0.25) is 0 Å².